The van der Waals surface area contributed by atoms with Gasteiger partial charge in [-0.25, -0.2) is 19.5 Å². The molecule has 14 heteroatoms. The van der Waals surface area contributed by atoms with Crippen molar-refractivity contribution in [1.82, 2.24) is 25.1 Å². The molecule has 0 bridgehead atoms. The van der Waals surface area contributed by atoms with Crippen LogP contribution in [0.15, 0.2) is 35.4 Å². The number of fused-ring (bicyclic) bond motifs is 1. The first kappa shape index (κ1) is 24.9. The molecule has 0 aliphatic carbocycles. The number of ether oxygens (including phenoxy) is 1. The number of hydrogen-bond donors (Lipinski definition) is 1. The summed E-state index contributed by atoms with van der Waals surface area (Å²) in [5.41, 5.74) is -1.53. The molecule has 37 heavy (non-hydrogen) atoms. The average molecular weight is 521 g/mol. The number of rotatable bonds is 4. The Morgan fingerprint density at radius 2 is 1.81 bits per heavy atom. The molecule has 2 saturated heterocycles. The summed E-state index contributed by atoms with van der Waals surface area (Å²) in [6, 6.07) is 4.36. The largest absolute Gasteiger partial charge is 0.419 e. The third-order valence-corrected chi connectivity index (χ3v) is 6.47. The Kier molecular flexibility index (Phi) is 6.67. The fraction of sp³-hybridized carbons (Fsp3) is 0.435. The van der Waals surface area contributed by atoms with Gasteiger partial charge in [0.25, 0.3) is 5.56 Å². The molecule has 4 heterocycles. The number of anilines is 2. The van der Waals surface area contributed by atoms with Crippen LogP contribution in [-0.2, 0) is 15.7 Å². The topological polar surface area (TPSA) is 108 Å². The fourth-order valence-corrected chi connectivity index (χ4v) is 4.55. The van der Waals surface area contributed by atoms with Crippen molar-refractivity contribution in [3.63, 3.8) is 0 Å². The number of H-pyrrole nitrogens is 1. The van der Waals surface area contributed by atoms with Crippen molar-refractivity contribution in [3.05, 3.63) is 52.3 Å². The van der Waals surface area contributed by atoms with Crippen LogP contribution in [0.4, 0.5) is 29.3 Å². The van der Waals surface area contributed by atoms with Crippen LogP contribution in [0.25, 0.3) is 10.8 Å². The first-order valence-corrected chi connectivity index (χ1v) is 11.7. The number of halogens is 4. The molecule has 196 valence electrons. The highest BCUT2D eigenvalue weighted by Gasteiger charge is 2.32. The average Bonchev–Trinajstić information content (AvgIpc) is 2.89. The Hall–Kier alpha value is -3.81. The Bertz CT molecular complexity index is 1340. The summed E-state index contributed by atoms with van der Waals surface area (Å²) in [5, 5.41) is 6.78. The van der Waals surface area contributed by atoms with Gasteiger partial charge in [-0.05, 0) is 6.07 Å². The second-order valence-electron chi connectivity index (χ2n) is 8.82. The van der Waals surface area contributed by atoms with Gasteiger partial charge in [0.2, 0.25) is 11.9 Å². The van der Waals surface area contributed by atoms with Crippen LogP contribution in [0.3, 0.4) is 0 Å². The standard InChI is InChI=1S/C23H23F4N7O3/c24-17-3-1-2-16-19(17)21(36)31-30-20(16)34-8-9-37-15(13-34)10-18(35)32-4-6-33(7-5-32)22-28-11-14(12-29-22)23(25,26)27/h1-3,11-12,15H,4-10,13H2,(H,31,36)/t15-/m0/s1. The summed E-state index contributed by atoms with van der Waals surface area (Å²) in [6.45, 7) is 2.61. The van der Waals surface area contributed by atoms with E-state index in [0.29, 0.717) is 57.1 Å². The SMILES string of the molecule is O=C(C[C@H]1CN(c2n[nH]c(=O)c3c(F)cccc23)CCO1)N1CCN(c2ncc(C(F)(F)F)cn2)CC1. The van der Waals surface area contributed by atoms with Crippen LogP contribution >= 0.6 is 0 Å². The highest BCUT2D eigenvalue weighted by Crippen LogP contribution is 2.29. The van der Waals surface area contributed by atoms with Gasteiger partial charge in [0.05, 0.1) is 30.1 Å². The van der Waals surface area contributed by atoms with E-state index in [-0.39, 0.29) is 23.7 Å². The molecular formula is C23H23F4N7O3. The molecule has 10 nitrogen and oxygen atoms in total. The second kappa shape index (κ2) is 9.92. The highest BCUT2D eigenvalue weighted by atomic mass is 19.4. The molecule has 1 amide bonds. The molecular weight excluding hydrogens is 498 g/mol. The van der Waals surface area contributed by atoms with E-state index in [9.17, 15) is 27.2 Å². The lowest BCUT2D eigenvalue weighted by atomic mass is 10.1. The quantitative estimate of drug-likeness (QED) is 0.519. The third kappa shape index (κ3) is 5.19. The molecule has 3 aromatic rings. The number of aromatic nitrogens is 4. The molecule has 2 aliphatic heterocycles. The van der Waals surface area contributed by atoms with Crippen molar-refractivity contribution in [2.24, 2.45) is 0 Å². The molecule has 1 atom stereocenters. The number of hydrogen-bond acceptors (Lipinski definition) is 8. The minimum absolute atomic E-state index is 0.0680. The van der Waals surface area contributed by atoms with E-state index < -0.39 is 29.2 Å². The van der Waals surface area contributed by atoms with Crippen LogP contribution < -0.4 is 15.4 Å². The minimum Gasteiger partial charge on any atom is -0.374 e. The highest BCUT2D eigenvalue weighted by molar-refractivity contribution is 5.91. The number of carbonyl (C=O) groups is 1. The van der Waals surface area contributed by atoms with E-state index in [1.54, 1.807) is 15.9 Å². The maximum atomic E-state index is 14.3. The molecule has 1 aromatic carbocycles. The van der Waals surface area contributed by atoms with Crippen LogP contribution in [0, 0.1) is 5.82 Å². The van der Waals surface area contributed by atoms with E-state index in [1.165, 1.54) is 12.1 Å². The van der Waals surface area contributed by atoms with E-state index in [0.717, 1.165) is 12.4 Å². The molecule has 0 unspecified atom stereocenters. The predicted octanol–water partition coefficient (Wildman–Crippen LogP) is 1.82. The maximum Gasteiger partial charge on any atom is 0.419 e. The zero-order valence-electron chi connectivity index (χ0n) is 19.5. The normalized spacial score (nSPS) is 18.9. The number of piperazine rings is 1. The van der Waals surface area contributed by atoms with Crippen LogP contribution in [0.1, 0.15) is 12.0 Å². The van der Waals surface area contributed by atoms with E-state index in [1.807, 2.05) is 4.90 Å². The summed E-state index contributed by atoms with van der Waals surface area (Å²) >= 11 is 0. The first-order chi connectivity index (χ1) is 17.7. The second-order valence-corrected chi connectivity index (χ2v) is 8.82. The molecule has 5 rings (SSSR count). The van der Waals surface area contributed by atoms with Crippen molar-refractivity contribution in [3.8, 4) is 0 Å². The maximum absolute atomic E-state index is 14.3. The summed E-state index contributed by atoms with van der Waals surface area (Å²) < 4.78 is 58.2. The van der Waals surface area contributed by atoms with E-state index >= 15 is 0 Å². The Labute approximate surface area is 207 Å². The van der Waals surface area contributed by atoms with Crippen molar-refractivity contribution >= 4 is 28.4 Å². The summed E-state index contributed by atoms with van der Waals surface area (Å²) in [6.07, 6.45) is -3.32. The van der Waals surface area contributed by atoms with Gasteiger partial charge in [0, 0.05) is 57.0 Å². The Balaban J connectivity index is 1.19. The molecule has 2 aromatic heterocycles. The monoisotopic (exact) mass is 521 g/mol. The number of benzene rings is 1. The zero-order chi connectivity index (χ0) is 26.2. The molecule has 0 radical (unpaired) electrons. The van der Waals surface area contributed by atoms with Gasteiger partial charge in [0.15, 0.2) is 5.82 Å². The molecule has 2 fully saturated rings. The van der Waals surface area contributed by atoms with Gasteiger partial charge < -0.3 is 19.4 Å². The van der Waals surface area contributed by atoms with Crippen molar-refractivity contribution in [1.29, 1.82) is 0 Å². The van der Waals surface area contributed by atoms with Gasteiger partial charge in [-0.15, -0.1) is 0 Å². The number of nitrogens with zero attached hydrogens (tertiary/aromatic N) is 6. The van der Waals surface area contributed by atoms with E-state index in [4.69, 9.17) is 4.74 Å². The summed E-state index contributed by atoms with van der Waals surface area (Å²) in [7, 11) is 0. The minimum atomic E-state index is -4.50. The molecule has 0 spiro atoms. The van der Waals surface area contributed by atoms with Crippen LogP contribution in [-0.4, -0.2) is 83.0 Å². The number of amides is 1. The lowest BCUT2D eigenvalue weighted by molar-refractivity contribution is -0.138. The number of alkyl halides is 3. The lowest BCUT2D eigenvalue weighted by Gasteiger charge is -2.37. The lowest BCUT2D eigenvalue weighted by Crippen LogP contribution is -2.51. The van der Waals surface area contributed by atoms with E-state index in [2.05, 4.69) is 20.2 Å². The number of aromatic amines is 1. The number of morpholine rings is 1. The Morgan fingerprint density at radius 3 is 2.51 bits per heavy atom. The van der Waals surface area contributed by atoms with Gasteiger partial charge in [-0.2, -0.15) is 18.3 Å². The molecule has 0 saturated carbocycles. The van der Waals surface area contributed by atoms with Crippen molar-refractivity contribution in [2.75, 3.05) is 55.7 Å². The zero-order valence-corrected chi connectivity index (χ0v) is 19.5. The molecule has 2 aliphatic rings. The van der Waals surface area contributed by atoms with Gasteiger partial charge in [-0.1, -0.05) is 12.1 Å². The summed E-state index contributed by atoms with van der Waals surface area (Å²) in [4.78, 5) is 37.9. The van der Waals surface area contributed by atoms with Gasteiger partial charge in [0.1, 0.15) is 5.82 Å². The third-order valence-electron chi connectivity index (χ3n) is 6.47. The molecule has 1 N–H and O–H groups in total. The van der Waals surface area contributed by atoms with Gasteiger partial charge >= 0.3 is 6.18 Å². The fourth-order valence-electron chi connectivity index (χ4n) is 4.55. The Morgan fingerprint density at radius 1 is 1.08 bits per heavy atom. The van der Waals surface area contributed by atoms with Gasteiger partial charge in [-0.3, -0.25) is 9.59 Å². The first-order valence-electron chi connectivity index (χ1n) is 11.7. The van der Waals surface area contributed by atoms with Crippen molar-refractivity contribution in [2.45, 2.75) is 18.7 Å². The predicted molar refractivity (Wildman–Crippen MR) is 125 cm³/mol. The summed E-state index contributed by atoms with van der Waals surface area (Å²) in [5.74, 6) is -0.156. The van der Waals surface area contributed by atoms with Crippen LogP contribution in [0.2, 0.25) is 0 Å². The number of nitrogens with one attached hydrogen (secondary N) is 1. The van der Waals surface area contributed by atoms with Crippen LogP contribution in [0.5, 0.6) is 0 Å². The number of carbonyl (C=O) groups excluding carboxylic acids is 1. The smallest absolute Gasteiger partial charge is 0.374 e. The van der Waals surface area contributed by atoms with Crippen molar-refractivity contribution < 1.29 is 27.1 Å².